The molecular weight excluding hydrogens is 342 g/mol. The fourth-order valence-electron chi connectivity index (χ4n) is 5.16. The molecule has 0 aromatic heterocycles. The molecule has 1 atom stereocenters. The molecule has 4 aliphatic rings. The third kappa shape index (κ3) is 2.65. The number of hydrogen-bond donors (Lipinski definition) is 1. The SMILES string of the molecule is O=C1NC2(CCCC2)C(=O)N1CC(=O)N(C1CC1)C1CCc2ccccc21. The van der Waals surface area contributed by atoms with Gasteiger partial charge in [0.15, 0.2) is 0 Å². The van der Waals surface area contributed by atoms with Gasteiger partial charge in [-0.3, -0.25) is 14.5 Å². The minimum atomic E-state index is -0.748. The van der Waals surface area contributed by atoms with E-state index in [0.717, 1.165) is 43.4 Å². The average Bonchev–Trinajstić information content (AvgIpc) is 3.14. The van der Waals surface area contributed by atoms with Crippen LogP contribution in [-0.4, -0.2) is 45.8 Å². The van der Waals surface area contributed by atoms with Crippen LogP contribution in [0.1, 0.15) is 62.1 Å². The van der Waals surface area contributed by atoms with Gasteiger partial charge in [0.1, 0.15) is 12.1 Å². The van der Waals surface area contributed by atoms with E-state index in [9.17, 15) is 14.4 Å². The van der Waals surface area contributed by atoms with Gasteiger partial charge < -0.3 is 10.2 Å². The van der Waals surface area contributed by atoms with Gasteiger partial charge in [-0.25, -0.2) is 4.79 Å². The highest BCUT2D eigenvalue weighted by atomic mass is 16.2. The number of carbonyl (C=O) groups excluding carboxylic acids is 3. The highest BCUT2D eigenvalue weighted by Gasteiger charge is 2.53. The molecule has 27 heavy (non-hydrogen) atoms. The van der Waals surface area contributed by atoms with Crippen molar-refractivity contribution >= 4 is 17.8 Å². The molecule has 1 spiro atoms. The molecule has 4 amide bonds. The van der Waals surface area contributed by atoms with E-state index in [2.05, 4.69) is 17.4 Å². The fourth-order valence-corrected chi connectivity index (χ4v) is 5.16. The summed E-state index contributed by atoms with van der Waals surface area (Å²) in [5, 5.41) is 2.87. The van der Waals surface area contributed by atoms with E-state index in [1.54, 1.807) is 0 Å². The Bertz CT molecular complexity index is 811. The zero-order valence-corrected chi connectivity index (χ0v) is 15.4. The van der Waals surface area contributed by atoms with Crippen LogP contribution in [0.3, 0.4) is 0 Å². The molecule has 6 heteroatoms. The molecule has 1 unspecified atom stereocenters. The summed E-state index contributed by atoms with van der Waals surface area (Å²) in [4.78, 5) is 41.7. The first kappa shape index (κ1) is 16.8. The van der Waals surface area contributed by atoms with E-state index in [1.807, 2.05) is 17.0 Å². The number of benzene rings is 1. The van der Waals surface area contributed by atoms with Gasteiger partial charge in [0, 0.05) is 6.04 Å². The van der Waals surface area contributed by atoms with Crippen LogP contribution in [0, 0.1) is 0 Å². The molecule has 1 N–H and O–H groups in total. The van der Waals surface area contributed by atoms with Crippen molar-refractivity contribution in [3.8, 4) is 0 Å². The molecule has 1 heterocycles. The van der Waals surface area contributed by atoms with Crippen LogP contribution < -0.4 is 5.32 Å². The molecule has 1 aromatic rings. The molecular formula is C21H25N3O3. The molecule has 3 fully saturated rings. The lowest BCUT2D eigenvalue weighted by Crippen LogP contribution is -2.47. The third-order valence-corrected chi connectivity index (χ3v) is 6.66. The van der Waals surface area contributed by atoms with Crippen molar-refractivity contribution in [3.63, 3.8) is 0 Å². The Morgan fingerprint density at radius 3 is 2.63 bits per heavy atom. The summed E-state index contributed by atoms with van der Waals surface area (Å²) in [5.41, 5.74) is 1.78. The fraction of sp³-hybridized carbons (Fsp3) is 0.571. The molecule has 0 radical (unpaired) electrons. The highest BCUT2D eigenvalue weighted by molar-refractivity contribution is 6.09. The first-order valence-corrected chi connectivity index (χ1v) is 10.1. The molecule has 142 valence electrons. The van der Waals surface area contributed by atoms with E-state index in [1.165, 1.54) is 11.1 Å². The second-order valence-corrected chi connectivity index (χ2v) is 8.40. The van der Waals surface area contributed by atoms with Crippen molar-refractivity contribution in [3.05, 3.63) is 35.4 Å². The first-order valence-electron chi connectivity index (χ1n) is 10.1. The van der Waals surface area contributed by atoms with E-state index in [-0.39, 0.29) is 30.4 Å². The summed E-state index contributed by atoms with van der Waals surface area (Å²) in [7, 11) is 0. The summed E-state index contributed by atoms with van der Waals surface area (Å²) >= 11 is 0. The number of hydrogen-bond acceptors (Lipinski definition) is 3. The monoisotopic (exact) mass is 367 g/mol. The molecule has 1 aromatic carbocycles. The smallest absolute Gasteiger partial charge is 0.325 e. The number of rotatable bonds is 4. The molecule has 5 rings (SSSR count). The molecule has 1 saturated heterocycles. The maximum atomic E-state index is 13.2. The first-order chi connectivity index (χ1) is 13.1. The van der Waals surface area contributed by atoms with Gasteiger partial charge in [0.25, 0.3) is 5.91 Å². The summed E-state index contributed by atoms with van der Waals surface area (Å²) in [5.74, 6) is -0.307. The van der Waals surface area contributed by atoms with Gasteiger partial charge in [0.2, 0.25) is 5.91 Å². The lowest BCUT2D eigenvalue weighted by atomic mass is 9.98. The van der Waals surface area contributed by atoms with Crippen LogP contribution >= 0.6 is 0 Å². The van der Waals surface area contributed by atoms with Crippen LogP contribution in [0.4, 0.5) is 4.79 Å². The normalized spacial score (nSPS) is 25.8. The number of nitrogens with one attached hydrogen (secondary N) is 1. The minimum absolute atomic E-state index is 0.0717. The van der Waals surface area contributed by atoms with Crippen molar-refractivity contribution in [2.24, 2.45) is 0 Å². The molecule has 0 bridgehead atoms. The van der Waals surface area contributed by atoms with Crippen LogP contribution in [0.2, 0.25) is 0 Å². The second-order valence-electron chi connectivity index (χ2n) is 8.40. The van der Waals surface area contributed by atoms with Gasteiger partial charge in [-0.2, -0.15) is 0 Å². The lowest BCUT2D eigenvalue weighted by molar-refractivity contribution is -0.140. The highest BCUT2D eigenvalue weighted by Crippen LogP contribution is 2.42. The predicted octanol–water partition coefficient (Wildman–Crippen LogP) is 2.53. The quantitative estimate of drug-likeness (QED) is 0.832. The van der Waals surface area contributed by atoms with Crippen molar-refractivity contribution < 1.29 is 14.4 Å². The second kappa shape index (κ2) is 6.08. The number of aryl methyl sites for hydroxylation is 1. The van der Waals surface area contributed by atoms with Gasteiger partial charge in [-0.05, 0) is 49.7 Å². The summed E-state index contributed by atoms with van der Waals surface area (Å²) in [6, 6.07) is 8.21. The molecule has 3 aliphatic carbocycles. The summed E-state index contributed by atoms with van der Waals surface area (Å²) < 4.78 is 0. The van der Waals surface area contributed by atoms with Gasteiger partial charge in [-0.1, -0.05) is 37.1 Å². The number of imide groups is 1. The standard InChI is InChI=1S/C21H25N3O3/c25-18(13-23-19(26)21(22-20(23)27)11-3-4-12-21)24(15-8-9-15)17-10-7-14-5-1-2-6-16(14)17/h1-2,5-6,15,17H,3-4,7-13H2,(H,22,27). The lowest BCUT2D eigenvalue weighted by Gasteiger charge is -2.31. The van der Waals surface area contributed by atoms with Crippen LogP contribution in [0.25, 0.3) is 0 Å². The van der Waals surface area contributed by atoms with Crippen molar-refractivity contribution in [2.45, 2.75) is 69.0 Å². The average molecular weight is 367 g/mol. The summed E-state index contributed by atoms with van der Waals surface area (Å²) in [6.45, 7) is -0.137. The Balaban J connectivity index is 1.36. The molecule has 6 nitrogen and oxygen atoms in total. The molecule has 2 saturated carbocycles. The van der Waals surface area contributed by atoms with E-state index in [4.69, 9.17) is 0 Å². The number of urea groups is 1. The number of amides is 4. The Morgan fingerprint density at radius 2 is 1.89 bits per heavy atom. The maximum Gasteiger partial charge on any atom is 0.325 e. The van der Waals surface area contributed by atoms with Gasteiger partial charge >= 0.3 is 6.03 Å². The summed E-state index contributed by atoms with van der Waals surface area (Å²) in [6.07, 6.45) is 7.18. The van der Waals surface area contributed by atoms with Crippen molar-refractivity contribution in [2.75, 3.05) is 6.54 Å². The Labute approximate surface area is 158 Å². The van der Waals surface area contributed by atoms with Crippen LogP contribution in [0.5, 0.6) is 0 Å². The largest absolute Gasteiger partial charge is 0.331 e. The Morgan fingerprint density at radius 1 is 1.15 bits per heavy atom. The Hall–Kier alpha value is -2.37. The van der Waals surface area contributed by atoms with E-state index in [0.29, 0.717) is 12.8 Å². The zero-order valence-electron chi connectivity index (χ0n) is 15.4. The van der Waals surface area contributed by atoms with E-state index >= 15 is 0 Å². The minimum Gasteiger partial charge on any atom is -0.331 e. The number of nitrogens with zero attached hydrogens (tertiary/aromatic N) is 2. The van der Waals surface area contributed by atoms with E-state index < -0.39 is 11.6 Å². The van der Waals surface area contributed by atoms with Crippen LogP contribution in [0.15, 0.2) is 24.3 Å². The van der Waals surface area contributed by atoms with Gasteiger partial charge in [0.05, 0.1) is 6.04 Å². The Kier molecular flexibility index (Phi) is 3.78. The zero-order chi connectivity index (χ0) is 18.6. The van der Waals surface area contributed by atoms with Crippen molar-refractivity contribution in [1.82, 2.24) is 15.1 Å². The van der Waals surface area contributed by atoms with Gasteiger partial charge in [-0.15, -0.1) is 0 Å². The molecule has 1 aliphatic heterocycles. The number of fused-ring (bicyclic) bond motifs is 1. The topological polar surface area (TPSA) is 69.7 Å². The maximum absolute atomic E-state index is 13.2. The van der Waals surface area contributed by atoms with Crippen molar-refractivity contribution in [1.29, 1.82) is 0 Å². The number of carbonyl (C=O) groups is 3. The van der Waals surface area contributed by atoms with Crippen LogP contribution in [-0.2, 0) is 16.0 Å². The predicted molar refractivity (Wildman–Crippen MR) is 98.8 cm³/mol. The third-order valence-electron chi connectivity index (χ3n) is 6.66.